The standard InChI is InChI=1S/C27H22N4O2/c32-26-25(28-23-16-9-17-31(27(23)33)18-19-10-3-1-4-11-19)30-24(20-12-5-2-6-13-20)21-14-7-8-15-22(21)29-26/h1-17,25,28H,18H2,(H,29,32). The van der Waals surface area contributed by atoms with E-state index in [1.165, 1.54) is 0 Å². The Labute approximate surface area is 191 Å². The molecular weight excluding hydrogens is 412 g/mol. The molecule has 3 aromatic carbocycles. The summed E-state index contributed by atoms with van der Waals surface area (Å²) in [5, 5.41) is 6.01. The maximum Gasteiger partial charge on any atom is 0.274 e. The number of para-hydroxylation sites is 1. The van der Waals surface area contributed by atoms with Crippen molar-refractivity contribution in [2.45, 2.75) is 12.7 Å². The number of rotatable bonds is 5. The number of fused-ring (bicyclic) bond motifs is 1. The highest BCUT2D eigenvalue weighted by Crippen LogP contribution is 2.24. The summed E-state index contributed by atoms with van der Waals surface area (Å²) in [6, 6.07) is 30.5. The highest BCUT2D eigenvalue weighted by Gasteiger charge is 2.26. The fourth-order valence-electron chi connectivity index (χ4n) is 3.88. The average Bonchev–Trinajstić information content (AvgIpc) is 2.99. The molecule has 33 heavy (non-hydrogen) atoms. The molecule has 1 aliphatic rings. The molecule has 1 unspecified atom stereocenters. The van der Waals surface area contributed by atoms with E-state index in [-0.39, 0.29) is 11.5 Å². The summed E-state index contributed by atoms with van der Waals surface area (Å²) < 4.78 is 1.61. The van der Waals surface area contributed by atoms with E-state index >= 15 is 0 Å². The van der Waals surface area contributed by atoms with Crippen LogP contribution in [0.15, 0.2) is 113 Å². The molecule has 5 rings (SSSR count). The Hall–Kier alpha value is -4.45. The van der Waals surface area contributed by atoms with E-state index in [2.05, 4.69) is 10.6 Å². The number of benzodiazepines with no additional fused rings is 1. The minimum Gasteiger partial charge on any atom is -0.352 e. The molecular formula is C27H22N4O2. The van der Waals surface area contributed by atoms with E-state index in [1.807, 2.05) is 84.9 Å². The lowest BCUT2D eigenvalue weighted by atomic mass is 10.0. The molecule has 1 amide bonds. The average molecular weight is 434 g/mol. The van der Waals surface area contributed by atoms with Crippen molar-refractivity contribution in [3.63, 3.8) is 0 Å². The summed E-state index contributed by atoms with van der Waals surface area (Å²) in [6.45, 7) is 0.441. The van der Waals surface area contributed by atoms with Gasteiger partial charge in [0.2, 0.25) is 0 Å². The Bertz CT molecular complexity index is 1380. The second-order valence-electron chi connectivity index (χ2n) is 7.77. The van der Waals surface area contributed by atoms with Crippen LogP contribution in [0.2, 0.25) is 0 Å². The fourth-order valence-corrected chi connectivity index (χ4v) is 3.88. The third-order valence-electron chi connectivity index (χ3n) is 5.50. The Morgan fingerprint density at radius 1 is 0.818 bits per heavy atom. The molecule has 0 saturated heterocycles. The van der Waals surface area contributed by atoms with E-state index in [0.717, 1.165) is 16.7 Å². The van der Waals surface area contributed by atoms with Gasteiger partial charge in [-0.25, -0.2) is 4.99 Å². The van der Waals surface area contributed by atoms with Crippen molar-refractivity contribution in [2.24, 2.45) is 4.99 Å². The highest BCUT2D eigenvalue weighted by molar-refractivity contribution is 6.19. The molecule has 0 bridgehead atoms. The maximum atomic E-state index is 13.1. The zero-order valence-electron chi connectivity index (χ0n) is 17.8. The lowest BCUT2D eigenvalue weighted by Crippen LogP contribution is -2.35. The van der Waals surface area contributed by atoms with Gasteiger partial charge in [0.25, 0.3) is 11.5 Å². The Morgan fingerprint density at radius 3 is 2.30 bits per heavy atom. The largest absolute Gasteiger partial charge is 0.352 e. The molecule has 6 nitrogen and oxygen atoms in total. The van der Waals surface area contributed by atoms with Gasteiger partial charge in [0.1, 0.15) is 5.69 Å². The van der Waals surface area contributed by atoms with Gasteiger partial charge in [0.05, 0.1) is 17.9 Å². The lowest BCUT2D eigenvalue weighted by molar-refractivity contribution is -0.116. The number of benzene rings is 3. The van der Waals surface area contributed by atoms with Crippen LogP contribution in [0, 0.1) is 0 Å². The molecule has 0 fully saturated rings. The number of anilines is 2. The van der Waals surface area contributed by atoms with Gasteiger partial charge in [0, 0.05) is 17.3 Å². The Morgan fingerprint density at radius 2 is 1.52 bits per heavy atom. The van der Waals surface area contributed by atoms with Gasteiger partial charge in [0.15, 0.2) is 6.17 Å². The van der Waals surface area contributed by atoms with Crippen LogP contribution in [-0.2, 0) is 11.3 Å². The summed E-state index contributed by atoms with van der Waals surface area (Å²) in [5.74, 6) is -0.328. The number of aromatic nitrogens is 1. The van der Waals surface area contributed by atoms with Crippen molar-refractivity contribution in [2.75, 3.05) is 10.6 Å². The van der Waals surface area contributed by atoms with E-state index in [1.54, 1.807) is 22.9 Å². The molecule has 2 N–H and O–H groups in total. The van der Waals surface area contributed by atoms with Crippen molar-refractivity contribution in [1.82, 2.24) is 4.57 Å². The SMILES string of the molecule is O=C1Nc2ccccc2C(c2ccccc2)=NC1Nc1cccn(Cc2ccccc2)c1=O. The van der Waals surface area contributed by atoms with Crippen molar-refractivity contribution in [3.8, 4) is 0 Å². The van der Waals surface area contributed by atoms with E-state index < -0.39 is 6.17 Å². The normalized spacial score (nSPS) is 15.1. The van der Waals surface area contributed by atoms with Crippen molar-refractivity contribution in [3.05, 3.63) is 130 Å². The van der Waals surface area contributed by atoms with Gasteiger partial charge in [-0.2, -0.15) is 0 Å². The molecule has 2 heterocycles. The van der Waals surface area contributed by atoms with E-state index in [9.17, 15) is 9.59 Å². The lowest BCUT2D eigenvalue weighted by Gasteiger charge is -2.15. The number of amides is 1. The monoisotopic (exact) mass is 434 g/mol. The molecule has 6 heteroatoms. The predicted molar refractivity (Wildman–Crippen MR) is 131 cm³/mol. The van der Waals surface area contributed by atoms with Gasteiger partial charge in [-0.15, -0.1) is 0 Å². The second-order valence-corrected chi connectivity index (χ2v) is 7.77. The third kappa shape index (κ3) is 4.32. The van der Waals surface area contributed by atoms with Crippen molar-refractivity contribution < 1.29 is 4.79 Å². The summed E-state index contributed by atoms with van der Waals surface area (Å²) >= 11 is 0. The summed E-state index contributed by atoms with van der Waals surface area (Å²) in [6.07, 6.45) is 0.773. The van der Waals surface area contributed by atoms with Gasteiger partial charge >= 0.3 is 0 Å². The number of carbonyl (C=O) groups excluding carboxylic acids is 1. The molecule has 0 spiro atoms. The van der Waals surface area contributed by atoms with Crippen LogP contribution in [0.1, 0.15) is 16.7 Å². The first-order valence-electron chi connectivity index (χ1n) is 10.7. The quantitative estimate of drug-likeness (QED) is 0.496. The number of aliphatic imine (C=N–C) groups is 1. The molecule has 0 aliphatic carbocycles. The van der Waals surface area contributed by atoms with Crippen LogP contribution in [0.3, 0.4) is 0 Å². The van der Waals surface area contributed by atoms with Crippen LogP contribution in [0.5, 0.6) is 0 Å². The first-order chi connectivity index (χ1) is 16.2. The number of hydrogen-bond acceptors (Lipinski definition) is 4. The molecule has 162 valence electrons. The smallest absolute Gasteiger partial charge is 0.274 e. The zero-order valence-corrected chi connectivity index (χ0v) is 17.8. The minimum absolute atomic E-state index is 0.215. The molecule has 0 radical (unpaired) electrons. The second kappa shape index (κ2) is 8.96. The van der Waals surface area contributed by atoms with Gasteiger partial charge in [-0.05, 0) is 23.8 Å². The number of nitrogens with one attached hydrogen (secondary N) is 2. The molecule has 0 saturated carbocycles. The van der Waals surface area contributed by atoms with E-state index in [0.29, 0.717) is 23.6 Å². The van der Waals surface area contributed by atoms with Crippen LogP contribution in [0.4, 0.5) is 11.4 Å². The van der Waals surface area contributed by atoms with Crippen LogP contribution >= 0.6 is 0 Å². The molecule has 1 aromatic heterocycles. The third-order valence-corrected chi connectivity index (χ3v) is 5.50. The summed E-state index contributed by atoms with van der Waals surface area (Å²) in [5.41, 5.74) is 4.21. The van der Waals surface area contributed by atoms with Gasteiger partial charge in [-0.3, -0.25) is 9.59 Å². The van der Waals surface area contributed by atoms with Crippen molar-refractivity contribution in [1.29, 1.82) is 0 Å². The van der Waals surface area contributed by atoms with Crippen LogP contribution in [0.25, 0.3) is 0 Å². The summed E-state index contributed by atoms with van der Waals surface area (Å²) in [4.78, 5) is 30.9. The number of nitrogens with zero attached hydrogens (tertiary/aromatic N) is 2. The summed E-state index contributed by atoms with van der Waals surface area (Å²) in [7, 11) is 0. The molecule has 1 atom stereocenters. The number of carbonyl (C=O) groups is 1. The van der Waals surface area contributed by atoms with Crippen LogP contribution < -0.4 is 16.2 Å². The Balaban J connectivity index is 1.51. The first kappa shape index (κ1) is 20.5. The molecule has 1 aliphatic heterocycles. The first-order valence-corrected chi connectivity index (χ1v) is 10.7. The molecule has 4 aromatic rings. The topological polar surface area (TPSA) is 75.5 Å². The number of hydrogen-bond donors (Lipinski definition) is 2. The van der Waals surface area contributed by atoms with Crippen molar-refractivity contribution >= 4 is 23.0 Å². The van der Waals surface area contributed by atoms with Gasteiger partial charge < -0.3 is 15.2 Å². The minimum atomic E-state index is -0.965. The predicted octanol–water partition coefficient (Wildman–Crippen LogP) is 4.12. The highest BCUT2D eigenvalue weighted by atomic mass is 16.2. The fraction of sp³-hybridized carbons (Fsp3) is 0.0741. The van der Waals surface area contributed by atoms with Crippen LogP contribution in [-0.4, -0.2) is 22.4 Å². The Kier molecular flexibility index (Phi) is 5.55. The van der Waals surface area contributed by atoms with E-state index in [4.69, 9.17) is 4.99 Å². The van der Waals surface area contributed by atoms with Gasteiger partial charge in [-0.1, -0.05) is 78.9 Å². The number of pyridine rings is 1. The maximum absolute atomic E-state index is 13.1. The zero-order chi connectivity index (χ0) is 22.6.